The number of carbonyl (C=O) groups is 1. The van der Waals surface area contributed by atoms with Gasteiger partial charge in [-0.05, 0) is 45.0 Å². The minimum atomic E-state index is -0.612. The van der Waals surface area contributed by atoms with Crippen LogP contribution in [0.4, 0.5) is 0 Å². The molecule has 6 heteroatoms. The highest BCUT2D eigenvalue weighted by Gasteiger charge is 2.16. The molecule has 1 aromatic carbocycles. The Kier molecular flexibility index (Phi) is 3.25. The standard InChI is InChI=1S/C13H16N4O2/c1-13(2,3)19-9-6-4-8(5-7-9)10-11(12(14)18)16-17-15-10/h4-7H,1-3H3,(H2,14,18)(H,15,16,17). The predicted molar refractivity (Wildman–Crippen MR) is 70.7 cm³/mol. The van der Waals surface area contributed by atoms with Crippen LogP contribution < -0.4 is 10.5 Å². The van der Waals surface area contributed by atoms with E-state index in [4.69, 9.17) is 10.5 Å². The van der Waals surface area contributed by atoms with Gasteiger partial charge in [-0.2, -0.15) is 15.4 Å². The second-order valence-corrected chi connectivity index (χ2v) is 5.12. The molecule has 0 bridgehead atoms. The topological polar surface area (TPSA) is 93.9 Å². The van der Waals surface area contributed by atoms with Crippen molar-refractivity contribution in [2.75, 3.05) is 0 Å². The molecule has 0 radical (unpaired) electrons. The van der Waals surface area contributed by atoms with Crippen LogP contribution in [0.3, 0.4) is 0 Å². The van der Waals surface area contributed by atoms with E-state index in [1.807, 2.05) is 45.0 Å². The molecule has 6 nitrogen and oxygen atoms in total. The van der Waals surface area contributed by atoms with Gasteiger partial charge in [0.1, 0.15) is 17.0 Å². The van der Waals surface area contributed by atoms with E-state index in [1.54, 1.807) is 0 Å². The molecule has 0 aliphatic rings. The van der Waals surface area contributed by atoms with E-state index in [-0.39, 0.29) is 11.3 Å². The summed E-state index contributed by atoms with van der Waals surface area (Å²) in [6.45, 7) is 5.93. The molecular weight excluding hydrogens is 244 g/mol. The number of benzene rings is 1. The second-order valence-electron chi connectivity index (χ2n) is 5.12. The fourth-order valence-electron chi connectivity index (χ4n) is 1.64. The number of carbonyl (C=O) groups excluding carboxylic acids is 1. The summed E-state index contributed by atoms with van der Waals surface area (Å²) in [5.41, 5.74) is 6.29. The smallest absolute Gasteiger partial charge is 0.271 e. The van der Waals surface area contributed by atoms with Crippen LogP contribution in [0.25, 0.3) is 11.3 Å². The number of H-pyrrole nitrogens is 1. The van der Waals surface area contributed by atoms with E-state index >= 15 is 0 Å². The van der Waals surface area contributed by atoms with Gasteiger partial charge in [-0.1, -0.05) is 0 Å². The molecule has 0 saturated carbocycles. The number of rotatable bonds is 3. The lowest BCUT2D eigenvalue weighted by Gasteiger charge is -2.21. The van der Waals surface area contributed by atoms with Crippen molar-refractivity contribution in [3.63, 3.8) is 0 Å². The molecule has 0 saturated heterocycles. The Labute approximate surface area is 111 Å². The van der Waals surface area contributed by atoms with Crippen LogP contribution in [-0.4, -0.2) is 26.9 Å². The van der Waals surface area contributed by atoms with Gasteiger partial charge >= 0.3 is 0 Å². The Morgan fingerprint density at radius 2 is 1.84 bits per heavy atom. The highest BCUT2D eigenvalue weighted by Crippen LogP contribution is 2.24. The summed E-state index contributed by atoms with van der Waals surface area (Å²) in [4.78, 5) is 11.2. The monoisotopic (exact) mass is 260 g/mol. The molecule has 19 heavy (non-hydrogen) atoms. The van der Waals surface area contributed by atoms with Crippen LogP contribution in [0.2, 0.25) is 0 Å². The molecular formula is C13H16N4O2. The summed E-state index contributed by atoms with van der Waals surface area (Å²) in [5.74, 6) is 0.138. The Morgan fingerprint density at radius 3 is 2.37 bits per heavy atom. The van der Waals surface area contributed by atoms with Crippen LogP contribution in [0.5, 0.6) is 5.75 Å². The first-order valence-corrected chi connectivity index (χ1v) is 5.87. The number of aromatic nitrogens is 3. The molecule has 2 aromatic rings. The lowest BCUT2D eigenvalue weighted by Crippen LogP contribution is -2.22. The fraction of sp³-hybridized carbons (Fsp3) is 0.308. The molecule has 1 heterocycles. The normalized spacial score (nSPS) is 11.3. The Hall–Kier alpha value is -2.37. The molecule has 0 fully saturated rings. The van der Waals surface area contributed by atoms with E-state index in [9.17, 15) is 4.79 Å². The molecule has 2 rings (SSSR count). The quantitative estimate of drug-likeness (QED) is 0.879. The number of hydrogen-bond donors (Lipinski definition) is 2. The van der Waals surface area contributed by atoms with Crippen molar-refractivity contribution >= 4 is 5.91 Å². The van der Waals surface area contributed by atoms with Crippen LogP contribution >= 0.6 is 0 Å². The first kappa shape index (κ1) is 13.1. The SMILES string of the molecule is CC(C)(C)Oc1ccc(-c2n[nH]nc2C(N)=O)cc1. The van der Waals surface area contributed by atoms with Crippen molar-refractivity contribution < 1.29 is 9.53 Å². The minimum Gasteiger partial charge on any atom is -0.488 e. The lowest BCUT2D eigenvalue weighted by atomic mass is 10.1. The molecule has 1 amide bonds. The average molecular weight is 260 g/mol. The first-order valence-electron chi connectivity index (χ1n) is 5.87. The third kappa shape index (κ3) is 3.09. The summed E-state index contributed by atoms with van der Waals surface area (Å²) >= 11 is 0. The van der Waals surface area contributed by atoms with Gasteiger partial charge in [0, 0.05) is 5.56 Å². The zero-order valence-corrected chi connectivity index (χ0v) is 11.1. The van der Waals surface area contributed by atoms with Gasteiger partial charge in [-0.15, -0.1) is 0 Å². The van der Waals surface area contributed by atoms with Crippen molar-refractivity contribution in [1.29, 1.82) is 0 Å². The van der Waals surface area contributed by atoms with Crippen molar-refractivity contribution in [2.24, 2.45) is 5.73 Å². The van der Waals surface area contributed by atoms with Crippen molar-refractivity contribution in [2.45, 2.75) is 26.4 Å². The summed E-state index contributed by atoms with van der Waals surface area (Å²) in [6.07, 6.45) is 0. The number of ether oxygens (including phenoxy) is 1. The van der Waals surface area contributed by atoms with Gasteiger partial charge in [0.2, 0.25) is 0 Å². The van der Waals surface area contributed by atoms with Gasteiger partial charge in [0.15, 0.2) is 5.69 Å². The van der Waals surface area contributed by atoms with Gasteiger partial charge in [0.25, 0.3) is 5.91 Å². The highest BCUT2D eigenvalue weighted by atomic mass is 16.5. The summed E-state index contributed by atoms with van der Waals surface area (Å²) in [7, 11) is 0. The van der Waals surface area contributed by atoms with Gasteiger partial charge in [-0.3, -0.25) is 4.79 Å². The molecule has 0 aliphatic carbocycles. The van der Waals surface area contributed by atoms with Crippen LogP contribution in [-0.2, 0) is 0 Å². The van der Waals surface area contributed by atoms with E-state index < -0.39 is 5.91 Å². The Bertz CT molecular complexity index is 581. The van der Waals surface area contributed by atoms with Gasteiger partial charge in [0.05, 0.1) is 0 Å². The van der Waals surface area contributed by atoms with Crippen molar-refractivity contribution in [3.05, 3.63) is 30.0 Å². The molecule has 0 spiro atoms. The van der Waals surface area contributed by atoms with Crippen LogP contribution in [0.15, 0.2) is 24.3 Å². The Balaban J connectivity index is 2.28. The summed E-state index contributed by atoms with van der Waals surface area (Å²) in [5, 5.41) is 10.1. The third-order valence-electron chi connectivity index (χ3n) is 2.33. The zero-order chi connectivity index (χ0) is 14.0. The highest BCUT2D eigenvalue weighted by molar-refractivity contribution is 5.96. The van der Waals surface area contributed by atoms with Crippen LogP contribution in [0.1, 0.15) is 31.3 Å². The van der Waals surface area contributed by atoms with Gasteiger partial charge in [-0.25, -0.2) is 0 Å². The Morgan fingerprint density at radius 1 is 1.21 bits per heavy atom. The number of nitrogens with one attached hydrogen (secondary N) is 1. The van der Waals surface area contributed by atoms with E-state index in [0.717, 1.165) is 11.3 Å². The maximum Gasteiger partial charge on any atom is 0.271 e. The zero-order valence-electron chi connectivity index (χ0n) is 11.1. The van der Waals surface area contributed by atoms with E-state index in [2.05, 4.69) is 15.4 Å². The molecule has 100 valence electrons. The van der Waals surface area contributed by atoms with Crippen LogP contribution in [0, 0.1) is 0 Å². The van der Waals surface area contributed by atoms with E-state index in [0.29, 0.717) is 5.69 Å². The number of hydrogen-bond acceptors (Lipinski definition) is 4. The first-order chi connectivity index (χ1) is 8.87. The molecule has 0 unspecified atom stereocenters. The maximum absolute atomic E-state index is 11.2. The number of amides is 1. The largest absolute Gasteiger partial charge is 0.488 e. The van der Waals surface area contributed by atoms with Crippen molar-refractivity contribution in [3.8, 4) is 17.0 Å². The number of nitrogens with two attached hydrogens (primary N) is 1. The molecule has 3 N–H and O–H groups in total. The number of primary amides is 1. The van der Waals surface area contributed by atoms with Crippen molar-refractivity contribution in [1.82, 2.24) is 15.4 Å². The molecule has 0 aliphatic heterocycles. The average Bonchev–Trinajstić information content (AvgIpc) is 2.76. The second kappa shape index (κ2) is 4.72. The minimum absolute atomic E-state index is 0.129. The lowest BCUT2D eigenvalue weighted by molar-refractivity contribution is 0.0996. The molecule has 0 atom stereocenters. The van der Waals surface area contributed by atoms with Gasteiger partial charge < -0.3 is 10.5 Å². The summed E-state index contributed by atoms with van der Waals surface area (Å²) in [6, 6.07) is 7.26. The molecule has 1 aromatic heterocycles. The van der Waals surface area contributed by atoms with E-state index in [1.165, 1.54) is 0 Å². The summed E-state index contributed by atoms with van der Waals surface area (Å²) < 4.78 is 5.72. The third-order valence-corrected chi connectivity index (χ3v) is 2.33. The predicted octanol–water partition coefficient (Wildman–Crippen LogP) is 1.75. The fourth-order valence-corrected chi connectivity index (χ4v) is 1.64. The maximum atomic E-state index is 11.2. The number of nitrogens with zero attached hydrogens (tertiary/aromatic N) is 2. The number of aromatic amines is 1.